The van der Waals surface area contributed by atoms with Crippen LogP contribution in [0.25, 0.3) is 0 Å². The molecule has 0 aliphatic heterocycles. The van der Waals surface area contributed by atoms with Gasteiger partial charge in [-0.15, -0.1) is 0 Å². The summed E-state index contributed by atoms with van der Waals surface area (Å²) in [5, 5.41) is 20.1. The Labute approximate surface area is 92.6 Å². The highest BCUT2D eigenvalue weighted by molar-refractivity contribution is 5.46. The molecule has 0 saturated carbocycles. The summed E-state index contributed by atoms with van der Waals surface area (Å²) in [6.07, 6.45) is -1.25. The van der Waals surface area contributed by atoms with E-state index in [1.165, 1.54) is 14.2 Å². The molecule has 88 valence electrons. The Morgan fingerprint density at radius 2 is 1.88 bits per heavy atom. The van der Waals surface area contributed by atoms with Crippen LogP contribution in [0.3, 0.4) is 0 Å². The predicted octanol–water partition coefficient (Wildman–Crippen LogP) is 1.01. The first-order valence-electron chi connectivity index (χ1n) is 4.61. The minimum atomic E-state index is -1.25. The van der Waals surface area contributed by atoms with Crippen molar-refractivity contribution in [3.8, 4) is 11.5 Å². The van der Waals surface area contributed by atoms with Crippen LogP contribution in [0.5, 0.6) is 11.5 Å². The van der Waals surface area contributed by atoms with E-state index in [2.05, 4.69) is 0 Å². The van der Waals surface area contributed by atoms with E-state index in [-0.39, 0.29) is 0 Å². The lowest BCUT2D eigenvalue weighted by molar-refractivity contribution is -0.491. The maximum absolute atomic E-state index is 10.3. The van der Waals surface area contributed by atoms with Crippen molar-refractivity contribution in [2.45, 2.75) is 6.10 Å². The third-order valence-corrected chi connectivity index (χ3v) is 2.12. The molecule has 0 aromatic heterocycles. The molecule has 1 N–H and O–H groups in total. The fourth-order valence-electron chi connectivity index (χ4n) is 1.44. The van der Waals surface area contributed by atoms with Crippen LogP contribution in [0.15, 0.2) is 18.2 Å². The number of hydrogen-bond donors (Lipinski definition) is 1. The SMILES string of the molecule is COc1cccc(OC)c1[C@H](O)C[N+](=O)[O-]. The first-order chi connectivity index (χ1) is 7.60. The van der Waals surface area contributed by atoms with Crippen LogP contribution in [-0.2, 0) is 0 Å². The second-order valence-corrected chi connectivity index (χ2v) is 3.11. The maximum atomic E-state index is 10.3. The van der Waals surface area contributed by atoms with Gasteiger partial charge >= 0.3 is 0 Å². The molecule has 6 heteroatoms. The Bertz CT molecular complexity index is 357. The zero-order valence-electron chi connectivity index (χ0n) is 9.04. The number of aliphatic hydroxyl groups excluding tert-OH is 1. The molecule has 0 bridgehead atoms. The summed E-state index contributed by atoms with van der Waals surface area (Å²) in [4.78, 5) is 9.76. The summed E-state index contributed by atoms with van der Waals surface area (Å²) < 4.78 is 10.1. The summed E-state index contributed by atoms with van der Waals surface area (Å²) in [5.41, 5.74) is 0.296. The van der Waals surface area contributed by atoms with Gasteiger partial charge in [-0.3, -0.25) is 10.1 Å². The van der Waals surface area contributed by atoms with E-state index in [4.69, 9.17) is 9.47 Å². The Morgan fingerprint density at radius 3 is 2.25 bits per heavy atom. The summed E-state index contributed by atoms with van der Waals surface area (Å²) >= 11 is 0. The first-order valence-corrected chi connectivity index (χ1v) is 4.61. The first kappa shape index (κ1) is 12.3. The highest BCUT2D eigenvalue weighted by Gasteiger charge is 2.22. The van der Waals surface area contributed by atoms with Crippen LogP contribution in [0.1, 0.15) is 11.7 Å². The van der Waals surface area contributed by atoms with E-state index in [1.807, 2.05) is 0 Å². The molecule has 16 heavy (non-hydrogen) atoms. The van der Waals surface area contributed by atoms with Crippen molar-refractivity contribution in [2.24, 2.45) is 0 Å². The van der Waals surface area contributed by atoms with Gasteiger partial charge in [-0.1, -0.05) is 6.07 Å². The van der Waals surface area contributed by atoms with Crippen LogP contribution in [0.2, 0.25) is 0 Å². The van der Waals surface area contributed by atoms with Gasteiger partial charge in [-0.2, -0.15) is 0 Å². The maximum Gasteiger partial charge on any atom is 0.233 e. The Kier molecular flexibility index (Phi) is 4.07. The number of ether oxygens (including phenoxy) is 2. The largest absolute Gasteiger partial charge is 0.496 e. The number of benzene rings is 1. The third-order valence-electron chi connectivity index (χ3n) is 2.12. The monoisotopic (exact) mass is 227 g/mol. The molecule has 0 spiro atoms. The van der Waals surface area contributed by atoms with Crippen LogP contribution in [0, 0.1) is 10.1 Å². The Morgan fingerprint density at radius 1 is 1.38 bits per heavy atom. The third kappa shape index (κ3) is 2.60. The highest BCUT2D eigenvalue weighted by Crippen LogP contribution is 2.33. The molecule has 0 saturated heterocycles. The second-order valence-electron chi connectivity index (χ2n) is 3.11. The fourth-order valence-corrected chi connectivity index (χ4v) is 1.44. The molecule has 0 heterocycles. The van der Waals surface area contributed by atoms with Crippen molar-refractivity contribution < 1.29 is 19.5 Å². The zero-order chi connectivity index (χ0) is 12.1. The van der Waals surface area contributed by atoms with Crippen molar-refractivity contribution in [3.63, 3.8) is 0 Å². The van der Waals surface area contributed by atoms with Gasteiger partial charge in [0.25, 0.3) is 0 Å². The molecule has 0 unspecified atom stereocenters. The summed E-state index contributed by atoms with van der Waals surface area (Å²) in [6.45, 7) is -0.587. The second kappa shape index (κ2) is 5.32. The van der Waals surface area contributed by atoms with Gasteiger partial charge in [-0.05, 0) is 12.1 Å². The number of aliphatic hydroxyl groups is 1. The molecule has 6 nitrogen and oxygen atoms in total. The van der Waals surface area contributed by atoms with Crippen LogP contribution in [-0.4, -0.2) is 30.8 Å². The normalized spacial score (nSPS) is 11.9. The smallest absolute Gasteiger partial charge is 0.233 e. The van der Waals surface area contributed by atoms with Gasteiger partial charge < -0.3 is 14.6 Å². The number of methoxy groups -OCH3 is 2. The molecule has 1 rings (SSSR count). The van der Waals surface area contributed by atoms with Crippen molar-refractivity contribution in [1.29, 1.82) is 0 Å². The average Bonchev–Trinajstić information content (AvgIpc) is 2.26. The van der Waals surface area contributed by atoms with E-state index in [0.29, 0.717) is 17.1 Å². The number of nitrogens with zero attached hydrogens (tertiary/aromatic N) is 1. The molecule has 0 amide bonds. The van der Waals surface area contributed by atoms with Gasteiger partial charge in [0.15, 0.2) is 6.10 Å². The van der Waals surface area contributed by atoms with Crippen molar-refractivity contribution >= 4 is 0 Å². The Hall–Kier alpha value is -1.82. The quantitative estimate of drug-likeness (QED) is 0.599. The van der Waals surface area contributed by atoms with Crippen molar-refractivity contribution in [3.05, 3.63) is 33.9 Å². The lowest BCUT2D eigenvalue weighted by Crippen LogP contribution is -2.13. The lowest BCUT2D eigenvalue weighted by atomic mass is 10.1. The van der Waals surface area contributed by atoms with Gasteiger partial charge in [0.1, 0.15) is 11.5 Å². The molecule has 1 aromatic rings. The summed E-state index contributed by atoms with van der Waals surface area (Å²) in [5.74, 6) is 0.738. The van der Waals surface area contributed by atoms with Crippen LogP contribution < -0.4 is 9.47 Å². The molecule has 0 aliphatic rings. The number of rotatable bonds is 5. The lowest BCUT2D eigenvalue weighted by Gasteiger charge is -2.15. The van der Waals surface area contributed by atoms with E-state index >= 15 is 0 Å². The van der Waals surface area contributed by atoms with E-state index in [9.17, 15) is 15.2 Å². The van der Waals surface area contributed by atoms with Gasteiger partial charge in [0, 0.05) is 4.92 Å². The average molecular weight is 227 g/mol. The van der Waals surface area contributed by atoms with Crippen LogP contribution >= 0.6 is 0 Å². The van der Waals surface area contributed by atoms with Gasteiger partial charge in [0.2, 0.25) is 6.54 Å². The van der Waals surface area contributed by atoms with Crippen molar-refractivity contribution in [2.75, 3.05) is 20.8 Å². The zero-order valence-corrected chi connectivity index (χ0v) is 9.04. The Balaban J connectivity index is 3.12. The van der Waals surface area contributed by atoms with Crippen LogP contribution in [0.4, 0.5) is 0 Å². The summed E-state index contributed by atoms with van der Waals surface area (Å²) in [7, 11) is 2.86. The number of nitro groups is 1. The minimum Gasteiger partial charge on any atom is -0.496 e. The topological polar surface area (TPSA) is 81.8 Å². The van der Waals surface area contributed by atoms with E-state index in [1.54, 1.807) is 18.2 Å². The minimum absolute atomic E-state index is 0.296. The molecule has 0 fully saturated rings. The van der Waals surface area contributed by atoms with E-state index in [0.717, 1.165) is 0 Å². The number of hydrogen-bond acceptors (Lipinski definition) is 5. The molecular weight excluding hydrogens is 214 g/mol. The standard InChI is InChI=1S/C10H13NO5/c1-15-8-4-3-5-9(16-2)10(8)7(12)6-11(13)14/h3-5,7,12H,6H2,1-2H3/t7-/m1/s1. The van der Waals surface area contributed by atoms with Gasteiger partial charge in [0.05, 0.1) is 19.8 Å². The molecule has 1 aromatic carbocycles. The summed E-state index contributed by atoms with van der Waals surface area (Å²) in [6, 6.07) is 4.90. The molecular formula is C10H13NO5. The molecule has 1 atom stereocenters. The predicted molar refractivity (Wildman–Crippen MR) is 56.4 cm³/mol. The van der Waals surface area contributed by atoms with Crippen molar-refractivity contribution in [1.82, 2.24) is 0 Å². The van der Waals surface area contributed by atoms with Gasteiger partial charge in [-0.25, -0.2) is 0 Å². The van der Waals surface area contributed by atoms with E-state index < -0.39 is 17.6 Å². The fraction of sp³-hybridized carbons (Fsp3) is 0.400. The highest BCUT2D eigenvalue weighted by atomic mass is 16.6. The molecule has 0 aliphatic carbocycles. The molecule has 0 radical (unpaired) electrons.